The van der Waals surface area contributed by atoms with E-state index in [-0.39, 0.29) is 19.4 Å². The average molecular weight is 876 g/mol. The van der Waals surface area contributed by atoms with E-state index in [9.17, 15) is 23.8 Å². The summed E-state index contributed by atoms with van der Waals surface area (Å²) in [5, 5.41) is 8.90. The Morgan fingerprint density at radius 1 is 0.607 bits per heavy atom. The van der Waals surface area contributed by atoms with Crippen LogP contribution in [0.15, 0.2) is 85.1 Å². The molecule has 0 aromatic carbocycles. The highest BCUT2D eigenvalue weighted by Gasteiger charge is 2.36. The molecule has 0 aromatic heterocycles. The standard InChI is InChI=1S/C48H78NO11P/c1-3-5-7-8-9-10-11-12-13-14-15-16-20-23-26-29-33-37-46(50)56-39-42(40-57-61(54,55)58-41-43(49)48(52)53)59-47(51)38-34-30-27-24-21-18-17-19-22-25-28-32-36-45-44(60-45)35-31-6-4-2/h6,9-10,12-13,18-19,21-22,27-28,30-32,42-45H,3-5,7-8,11,14-17,20,23-26,29,33-41,49H2,1-2H3,(H,52,53)(H,54,55)/b10-9-,13-12-,21-18-,22-19-,30-27-,31-6-,32-28-/t42-,43+,44?,45?/m1/s1. The van der Waals surface area contributed by atoms with Gasteiger partial charge >= 0.3 is 25.7 Å². The SMILES string of the molecule is CC/C=C\CC1OC1C/C=C\C/C=C\C/C=C\C/C=C\CCC(=O)O[C@H](COC(=O)CCCCCCCCC/C=C\C/C=C\CCCCC)COP(=O)(O)OC[C@H](N)C(=O)O. The molecule has 1 saturated heterocycles. The van der Waals surface area contributed by atoms with Crippen LogP contribution in [0.3, 0.4) is 0 Å². The Kier molecular flexibility index (Phi) is 34.9. The average Bonchev–Trinajstić information content (AvgIpc) is 3.99. The number of rotatable bonds is 40. The summed E-state index contributed by atoms with van der Waals surface area (Å²) in [7, 11) is -4.75. The van der Waals surface area contributed by atoms with Gasteiger partial charge in [-0.2, -0.15) is 0 Å². The number of epoxide rings is 1. The lowest BCUT2D eigenvalue weighted by Crippen LogP contribution is -2.34. The summed E-state index contributed by atoms with van der Waals surface area (Å²) in [5.74, 6) is -2.51. The van der Waals surface area contributed by atoms with Gasteiger partial charge in [0.1, 0.15) is 12.6 Å². The summed E-state index contributed by atoms with van der Waals surface area (Å²) in [6, 6.07) is -1.54. The van der Waals surface area contributed by atoms with E-state index in [0.717, 1.165) is 70.6 Å². The van der Waals surface area contributed by atoms with Crippen molar-refractivity contribution in [2.75, 3.05) is 19.8 Å². The Labute approximate surface area is 367 Å². The van der Waals surface area contributed by atoms with Crippen LogP contribution in [0, 0.1) is 0 Å². The number of carbonyl (C=O) groups excluding carboxylic acids is 2. The number of carbonyl (C=O) groups is 3. The van der Waals surface area contributed by atoms with Crippen molar-refractivity contribution in [3.63, 3.8) is 0 Å². The van der Waals surface area contributed by atoms with E-state index < -0.39 is 51.1 Å². The second-order valence-corrected chi connectivity index (χ2v) is 16.6. The number of nitrogens with two attached hydrogens (primary N) is 1. The third-order valence-corrected chi connectivity index (χ3v) is 10.5. The third-order valence-electron chi connectivity index (χ3n) is 9.54. The van der Waals surface area contributed by atoms with Crippen LogP contribution in [-0.4, -0.2) is 72.1 Å². The zero-order valence-electron chi connectivity index (χ0n) is 37.2. The van der Waals surface area contributed by atoms with Gasteiger partial charge in [0.25, 0.3) is 0 Å². The van der Waals surface area contributed by atoms with Crippen molar-refractivity contribution in [3.8, 4) is 0 Å². The quantitative estimate of drug-likeness (QED) is 0.0174. The minimum atomic E-state index is -4.75. The van der Waals surface area contributed by atoms with Crippen LogP contribution < -0.4 is 5.73 Å². The van der Waals surface area contributed by atoms with Crippen molar-refractivity contribution in [2.45, 2.75) is 179 Å². The number of ether oxygens (including phenoxy) is 3. The summed E-state index contributed by atoms with van der Waals surface area (Å²) in [6.07, 6.45) is 49.8. The highest BCUT2D eigenvalue weighted by Crippen LogP contribution is 2.43. The lowest BCUT2D eigenvalue weighted by atomic mass is 10.1. The van der Waals surface area contributed by atoms with Crippen LogP contribution in [0.25, 0.3) is 0 Å². The number of allylic oxidation sites excluding steroid dienone is 12. The van der Waals surface area contributed by atoms with Crippen molar-refractivity contribution in [3.05, 3.63) is 85.1 Å². The predicted octanol–water partition coefficient (Wildman–Crippen LogP) is 11.3. The van der Waals surface area contributed by atoms with Gasteiger partial charge in [0.05, 0.1) is 25.4 Å². The van der Waals surface area contributed by atoms with Gasteiger partial charge in [0, 0.05) is 12.8 Å². The molecule has 3 unspecified atom stereocenters. The third kappa shape index (κ3) is 35.9. The smallest absolute Gasteiger partial charge is 0.472 e. The summed E-state index contributed by atoms with van der Waals surface area (Å²) in [5.41, 5.74) is 5.33. The molecule has 346 valence electrons. The van der Waals surface area contributed by atoms with E-state index >= 15 is 0 Å². The van der Waals surface area contributed by atoms with Crippen molar-refractivity contribution in [1.82, 2.24) is 0 Å². The maximum atomic E-state index is 12.6. The van der Waals surface area contributed by atoms with Gasteiger partial charge in [0.2, 0.25) is 0 Å². The van der Waals surface area contributed by atoms with Gasteiger partial charge < -0.3 is 29.9 Å². The van der Waals surface area contributed by atoms with E-state index in [1.807, 2.05) is 18.2 Å². The monoisotopic (exact) mass is 876 g/mol. The lowest BCUT2D eigenvalue weighted by Gasteiger charge is -2.20. The lowest BCUT2D eigenvalue weighted by molar-refractivity contribution is -0.161. The minimum Gasteiger partial charge on any atom is -0.480 e. The Morgan fingerprint density at radius 2 is 1.10 bits per heavy atom. The Bertz CT molecular complexity index is 1420. The maximum absolute atomic E-state index is 12.6. The molecule has 0 aromatic rings. The molecule has 5 atom stereocenters. The molecule has 0 aliphatic carbocycles. The molecule has 0 bridgehead atoms. The largest absolute Gasteiger partial charge is 0.480 e. The second kappa shape index (κ2) is 38.3. The number of hydrogen-bond donors (Lipinski definition) is 3. The molecule has 1 aliphatic heterocycles. The van der Waals surface area contributed by atoms with Crippen LogP contribution in [-0.2, 0) is 42.2 Å². The Morgan fingerprint density at radius 3 is 1.67 bits per heavy atom. The fourth-order valence-electron chi connectivity index (χ4n) is 5.87. The first-order valence-corrected chi connectivity index (χ1v) is 24.2. The number of unbranched alkanes of at least 4 members (excludes halogenated alkanes) is 10. The Hall–Kier alpha value is -3.38. The van der Waals surface area contributed by atoms with Crippen LogP contribution in [0.4, 0.5) is 0 Å². The molecule has 1 rings (SSSR count). The summed E-state index contributed by atoms with van der Waals surface area (Å²) in [4.78, 5) is 46.0. The first-order valence-electron chi connectivity index (χ1n) is 22.7. The van der Waals surface area contributed by atoms with Gasteiger partial charge in [-0.3, -0.25) is 23.4 Å². The number of aliphatic carboxylic acids is 1. The molecular weight excluding hydrogens is 797 g/mol. The number of hydrogen-bond acceptors (Lipinski definition) is 10. The fourth-order valence-corrected chi connectivity index (χ4v) is 6.65. The topological polar surface area (TPSA) is 184 Å². The van der Waals surface area contributed by atoms with Crippen LogP contribution in [0.2, 0.25) is 0 Å². The zero-order chi connectivity index (χ0) is 44.7. The first-order chi connectivity index (χ1) is 29.6. The van der Waals surface area contributed by atoms with E-state index in [4.69, 9.17) is 29.6 Å². The second-order valence-electron chi connectivity index (χ2n) is 15.2. The molecule has 0 amide bonds. The number of carboxylic acid groups (broad SMARTS) is 1. The fraction of sp³-hybridized carbons (Fsp3) is 0.646. The van der Waals surface area contributed by atoms with Crippen molar-refractivity contribution in [1.29, 1.82) is 0 Å². The first kappa shape index (κ1) is 55.6. The number of carboxylic acids is 1. The number of phosphoric acid groups is 1. The molecule has 0 saturated carbocycles. The summed E-state index contributed by atoms with van der Waals surface area (Å²) >= 11 is 0. The molecule has 61 heavy (non-hydrogen) atoms. The summed E-state index contributed by atoms with van der Waals surface area (Å²) < 4.78 is 38.3. The van der Waals surface area contributed by atoms with Gasteiger partial charge in [-0.1, -0.05) is 144 Å². The molecular formula is C48H78NO11P. The molecule has 12 nitrogen and oxygen atoms in total. The van der Waals surface area contributed by atoms with Gasteiger partial charge in [-0.25, -0.2) is 4.57 Å². The van der Waals surface area contributed by atoms with Crippen molar-refractivity contribution in [2.24, 2.45) is 5.73 Å². The molecule has 0 radical (unpaired) electrons. The molecule has 1 heterocycles. The van der Waals surface area contributed by atoms with Crippen LogP contribution in [0.5, 0.6) is 0 Å². The molecule has 0 spiro atoms. The predicted molar refractivity (Wildman–Crippen MR) is 244 cm³/mol. The molecule has 4 N–H and O–H groups in total. The molecule has 13 heteroatoms. The van der Waals surface area contributed by atoms with Crippen molar-refractivity contribution < 1.29 is 52.2 Å². The number of phosphoric ester groups is 1. The van der Waals surface area contributed by atoms with Crippen molar-refractivity contribution >= 4 is 25.7 Å². The minimum absolute atomic E-state index is 0.0264. The van der Waals surface area contributed by atoms with E-state index in [1.165, 1.54) is 38.5 Å². The maximum Gasteiger partial charge on any atom is 0.472 e. The van der Waals surface area contributed by atoms with E-state index in [1.54, 1.807) is 0 Å². The van der Waals surface area contributed by atoms with Gasteiger partial charge in [-0.05, 0) is 83.5 Å². The normalized spacial score (nSPS) is 17.8. The van der Waals surface area contributed by atoms with E-state index in [0.29, 0.717) is 31.5 Å². The van der Waals surface area contributed by atoms with Crippen LogP contribution in [0.1, 0.15) is 155 Å². The van der Waals surface area contributed by atoms with Gasteiger partial charge in [0.15, 0.2) is 6.10 Å². The van der Waals surface area contributed by atoms with Gasteiger partial charge in [-0.15, -0.1) is 0 Å². The number of esters is 2. The molecule has 1 aliphatic rings. The Balaban J connectivity index is 2.33. The van der Waals surface area contributed by atoms with E-state index in [2.05, 4.69) is 85.2 Å². The zero-order valence-corrected chi connectivity index (χ0v) is 38.1. The summed E-state index contributed by atoms with van der Waals surface area (Å²) in [6.45, 7) is 2.56. The highest BCUT2D eigenvalue weighted by molar-refractivity contribution is 7.47. The molecule has 1 fully saturated rings. The van der Waals surface area contributed by atoms with Crippen LogP contribution >= 0.6 is 7.82 Å². The highest BCUT2D eigenvalue weighted by atomic mass is 31.2.